The molecule has 0 spiro atoms. The number of hydrogen-bond donors (Lipinski definition) is 2. The highest BCUT2D eigenvalue weighted by molar-refractivity contribution is 5.69. The quantitative estimate of drug-likeness (QED) is 0.769. The average Bonchev–Trinajstić information content (AvgIpc) is 2.32. The summed E-state index contributed by atoms with van der Waals surface area (Å²) >= 11 is 0. The first kappa shape index (κ1) is 12.3. The van der Waals surface area contributed by atoms with Gasteiger partial charge in [-0.15, -0.1) is 0 Å². The average molecular weight is 216 g/mol. The Morgan fingerprint density at radius 2 is 1.38 bits per heavy atom. The number of aliphatic hydroxyl groups is 1. The standard InChI is InChI=1S/C12H10O.C2H6O/c13-12-9-5-4-8-11(12)10-6-2-1-3-7-10;1-2-3/h1-9,13H;3H,2H2,1H3. The largest absolute Gasteiger partial charge is 0.507 e. The summed E-state index contributed by atoms with van der Waals surface area (Å²) in [7, 11) is 0. The van der Waals surface area contributed by atoms with E-state index in [0.29, 0.717) is 5.75 Å². The summed E-state index contributed by atoms with van der Waals surface area (Å²) in [6.07, 6.45) is 0. The maximum absolute atomic E-state index is 9.56. The first-order valence-electron chi connectivity index (χ1n) is 5.23. The van der Waals surface area contributed by atoms with Crippen LogP contribution in [0.5, 0.6) is 5.75 Å². The molecule has 0 saturated heterocycles. The van der Waals surface area contributed by atoms with Gasteiger partial charge in [0.05, 0.1) is 0 Å². The SMILES string of the molecule is CCO.Oc1ccccc1-c1ccccc1. The summed E-state index contributed by atoms with van der Waals surface area (Å²) < 4.78 is 0. The maximum atomic E-state index is 9.56. The van der Waals surface area contributed by atoms with Gasteiger partial charge in [-0.1, -0.05) is 48.5 Å². The summed E-state index contributed by atoms with van der Waals surface area (Å²) in [6, 6.07) is 17.2. The summed E-state index contributed by atoms with van der Waals surface area (Å²) in [5.41, 5.74) is 1.92. The molecule has 0 aliphatic heterocycles. The van der Waals surface area contributed by atoms with Crippen molar-refractivity contribution in [3.63, 3.8) is 0 Å². The molecule has 2 aromatic carbocycles. The Kier molecular flexibility index (Phi) is 5.09. The Hall–Kier alpha value is -1.80. The molecule has 0 amide bonds. The molecule has 2 rings (SSSR count). The minimum Gasteiger partial charge on any atom is -0.507 e. The smallest absolute Gasteiger partial charge is 0.123 e. The van der Waals surface area contributed by atoms with E-state index in [4.69, 9.17) is 5.11 Å². The number of para-hydroxylation sites is 1. The van der Waals surface area contributed by atoms with Crippen molar-refractivity contribution in [2.24, 2.45) is 0 Å². The lowest BCUT2D eigenvalue weighted by Gasteiger charge is -2.02. The van der Waals surface area contributed by atoms with E-state index >= 15 is 0 Å². The molecule has 16 heavy (non-hydrogen) atoms. The lowest BCUT2D eigenvalue weighted by Crippen LogP contribution is -1.76. The fraction of sp³-hybridized carbons (Fsp3) is 0.143. The molecule has 0 saturated carbocycles. The van der Waals surface area contributed by atoms with E-state index < -0.39 is 0 Å². The van der Waals surface area contributed by atoms with Gasteiger partial charge in [0.25, 0.3) is 0 Å². The Balaban J connectivity index is 0.000000386. The van der Waals surface area contributed by atoms with E-state index in [2.05, 4.69) is 0 Å². The second-order valence-electron chi connectivity index (χ2n) is 3.20. The van der Waals surface area contributed by atoms with Gasteiger partial charge in [-0.3, -0.25) is 0 Å². The van der Waals surface area contributed by atoms with Gasteiger partial charge in [0, 0.05) is 12.2 Å². The third kappa shape index (κ3) is 3.41. The van der Waals surface area contributed by atoms with E-state index in [1.165, 1.54) is 0 Å². The maximum Gasteiger partial charge on any atom is 0.123 e. The van der Waals surface area contributed by atoms with Crippen LogP contribution in [-0.4, -0.2) is 16.8 Å². The van der Waals surface area contributed by atoms with Gasteiger partial charge >= 0.3 is 0 Å². The monoisotopic (exact) mass is 216 g/mol. The predicted octanol–water partition coefficient (Wildman–Crippen LogP) is 3.06. The number of aliphatic hydroxyl groups excluding tert-OH is 1. The minimum atomic E-state index is 0.250. The molecule has 2 heteroatoms. The van der Waals surface area contributed by atoms with Crippen molar-refractivity contribution < 1.29 is 10.2 Å². The van der Waals surface area contributed by atoms with Crippen LogP contribution in [0.4, 0.5) is 0 Å². The van der Waals surface area contributed by atoms with E-state index in [9.17, 15) is 5.11 Å². The molecule has 2 nitrogen and oxygen atoms in total. The molecule has 84 valence electrons. The summed E-state index contributed by atoms with van der Waals surface area (Å²) in [5, 5.41) is 17.1. The van der Waals surface area contributed by atoms with Crippen LogP contribution in [0.15, 0.2) is 54.6 Å². The third-order valence-electron chi connectivity index (χ3n) is 1.99. The fourth-order valence-electron chi connectivity index (χ4n) is 1.34. The van der Waals surface area contributed by atoms with Crippen LogP contribution in [0, 0.1) is 0 Å². The van der Waals surface area contributed by atoms with Crippen LogP contribution in [0.2, 0.25) is 0 Å². The molecule has 0 bridgehead atoms. The molecule has 2 aromatic rings. The minimum absolute atomic E-state index is 0.250. The normalized spacial score (nSPS) is 9.12. The van der Waals surface area contributed by atoms with Crippen LogP contribution in [0.25, 0.3) is 11.1 Å². The summed E-state index contributed by atoms with van der Waals surface area (Å²) in [5.74, 6) is 0.328. The number of benzene rings is 2. The van der Waals surface area contributed by atoms with Crippen LogP contribution < -0.4 is 0 Å². The topological polar surface area (TPSA) is 40.5 Å². The Bertz CT molecular complexity index is 410. The second-order valence-corrected chi connectivity index (χ2v) is 3.20. The van der Waals surface area contributed by atoms with Gasteiger partial charge in [0.2, 0.25) is 0 Å². The van der Waals surface area contributed by atoms with Gasteiger partial charge in [-0.25, -0.2) is 0 Å². The number of phenols is 1. The van der Waals surface area contributed by atoms with Crippen LogP contribution >= 0.6 is 0 Å². The first-order chi connectivity index (χ1) is 7.79. The molecule has 0 unspecified atom stereocenters. The Morgan fingerprint density at radius 1 is 0.875 bits per heavy atom. The molecule has 2 N–H and O–H groups in total. The van der Waals surface area contributed by atoms with Crippen LogP contribution in [-0.2, 0) is 0 Å². The van der Waals surface area contributed by atoms with E-state index in [0.717, 1.165) is 11.1 Å². The molecule has 0 aromatic heterocycles. The number of phenolic OH excluding ortho intramolecular Hbond substituents is 1. The summed E-state index contributed by atoms with van der Waals surface area (Å²) in [4.78, 5) is 0. The molecule has 0 aliphatic carbocycles. The number of rotatable bonds is 1. The Labute approximate surface area is 95.8 Å². The third-order valence-corrected chi connectivity index (χ3v) is 1.99. The molecule has 0 aliphatic rings. The van der Waals surface area contributed by atoms with E-state index in [1.807, 2.05) is 48.5 Å². The lowest BCUT2D eigenvalue weighted by atomic mass is 10.1. The van der Waals surface area contributed by atoms with Crippen molar-refractivity contribution >= 4 is 0 Å². The molecule has 0 fully saturated rings. The van der Waals surface area contributed by atoms with Crippen molar-refractivity contribution in [3.8, 4) is 16.9 Å². The van der Waals surface area contributed by atoms with Crippen molar-refractivity contribution in [2.45, 2.75) is 6.92 Å². The number of aromatic hydroxyl groups is 1. The van der Waals surface area contributed by atoms with Gasteiger partial charge < -0.3 is 10.2 Å². The first-order valence-corrected chi connectivity index (χ1v) is 5.23. The van der Waals surface area contributed by atoms with Gasteiger partial charge in [0.15, 0.2) is 0 Å². The van der Waals surface area contributed by atoms with E-state index in [-0.39, 0.29) is 6.61 Å². The predicted molar refractivity (Wildman–Crippen MR) is 66.3 cm³/mol. The fourth-order valence-corrected chi connectivity index (χ4v) is 1.34. The second kappa shape index (κ2) is 6.64. The van der Waals surface area contributed by atoms with Crippen molar-refractivity contribution in [3.05, 3.63) is 54.6 Å². The zero-order valence-electron chi connectivity index (χ0n) is 9.30. The molecule has 0 heterocycles. The van der Waals surface area contributed by atoms with E-state index in [1.54, 1.807) is 13.0 Å². The van der Waals surface area contributed by atoms with Crippen LogP contribution in [0.3, 0.4) is 0 Å². The van der Waals surface area contributed by atoms with Crippen molar-refractivity contribution in [1.82, 2.24) is 0 Å². The molecular weight excluding hydrogens is 200 g/mol. The van der Waals surface area contributed by atoms with Gasteiger partial charge in [-0.2, -0.15) is 0 Å². The van der Waals surface area contributed by atoms with Gasteiger partial charge in [0.1, 0.15) is 5.75 Å². The number of hydrogen-bond acceptors (Lipinski definition) is 2. The highest BCUT2D eigenvalue weighted by Gasteiger charge is 2.00. The molecule has 0 radical (unpaired) electrons. The molecule has 0 atom stereocenters. The zero-order valence-corrected chi connectivity index (χ0v) is 9.30. The highest BCUT2D eigenvalue weighted by atomic mass is 16.3. The molecular formula is C14H16O2. The summed E-state index contributed by atoms with van der Waals surface area (Å²) in [6.45, 7) is 1.93. The van der Waals surface area contributed by atoms with Crippen LogP contribution in [0.1, 0.15) is 6.92 Å². The van der Waals surface area contributed by atoms with Crippen molar-refractivity contribution in [2.75, 3.05) is 6.61 Å². The highest BCUT2D eigenvalue weighted by Crippen LogP contribution is 2.27. The zero-order chi connectivity index (χ0) is 11.8. The van der Waals surface area contributed by atoms with Gasteiger partial charge in [-0.05, 0) is 18.6 Å². The Morgan fingerprint density at radius 3 is 1.94 bits per heavy atom. The van der Waals surface area contributed by atoms with Crippen molar-refractivity contribution in [1.29, 1.82) is 0 Å². The lowest BCUT2D eigenvalue weighted by molar-refractivity contribution is 0.318.